The van der Waals surface area contributed by atoms with Crippen LogP contribution in [0.1, 0.15) is 29.8 Å². The smallest absolute Gasteiger partial charge is 0.251 e. The van der Waals surface area contributed by atoms with Crippen LogP contribution >= 0.6 is 0 Å². The van der Waals surface area contributed by atoms with Gasteiger partial charge in [0.1, 0.15) is 0 Å². The van der Waals surface area contributed by atoms with Gasteiger partial charge in [0.15, 0.2) is 5.82 Å². The van der Waals surface area contributed by atoms with Gasteiger partial charge in [-0.2, -0.15) is 0 Å². The van der Waals surface area contributed by atoms with E-state index >= 15 is 0 Å². The highest BCUT2D eigenvalue weighted by molar-refractivity contribution is 5.95. The van der Waals surface area contributed by atoms with E-state index in [0.717, 1.165) is 16.9 Å². The molecular weight excluding hydrogens is 324 g/mol. The Morgan fingerprint density at radius 3 is 2.38 bits per heavy atom. The van der Waals surface area contributed by atoms with E-state index in [1.165, 1.54) is 5.56 Å². The van der Waals surface area contributed by atoms with Crippen LogP contribution in [-0.2, 0) is 0 Å². The molecule has 0 fully saturated rings. The lowest BCUT2D eigenvalue weighted by atomic mass is 10.1. The van der Waals surface area contributed by atoms with Crippen molar-refractivity contribution in [2.45, 2.75) is 26.8 Å². The number of aryl methyl sites for hydroxylation is 1. The minimum Gasteiger partial charge on any atom is -0.350 e. The summed E-state index contributed by atoms with van der Waals surface area (Å²) in [7, 11) is 0. The molecule has 2 aromatic carbocycles. The molecule has 0 aliphatic rings. The average molecular weight is 346 g/mol. The highest BCUT2D eigenvalue weighted by atomic mass is 16.1. The van der Waals surface area contributed by atoms with Crippen LogP contribution in [0, 0.1) is 6.92 Å². The number of rotatable bonds is 5. The maximum atomic E-state index is 12.1. The van der Waals surface area contributed by atoms with Crippen LogP contribution in [-0.4, -0.2) is 22.1 Å². The van der Waals surface area contributed by atoms with Crippen molar-refractivity contribution >= 4 is 17.4 Å². The van der Waals surface area contributed by atoms with Crippen molar-refractivity contribution in [1.82, 2.24) is 15.5 Å². The minimum atomic E-state index is -0.0931. The number of benzene rings is 2. The van der Waals surface area contributed by atoms with E-state index in [1.54, 1.807) is 12.1 Å². The zero-order valence-electron chi connectivity index (χ0n) is 15.2. The molecule has 0 saturated carbocycles. The predicted octanol–water partition coefficient (Wildman–Crippen LogP) is 4.33. The van der Waals surface area contributed by atoms with Crippen molar-refractivity contribution < 1.29 is 4.79 Å². The average Bonchev–Trinajstić information content (AvgIpc) is 2.63. The quantitative estimate of drug-likeness (QED) is 0.721. The molecule has 1 amide bonds. The van der Waals surface area contributed by atoms with Crippen molar-refractivity contribution in [3.8, 4) is 11.3 Å². The van der Waals surface area contributed by atoms with Gasteiger partial charge in [-0.15, -0.1) is 10.2 Å². The second-order valence-electron chi connectivity index (χ2n) is 6.50. The summed E-state index contributed by atoms with van der Waals surface area (Å²) in [5.41, 5.74) is 4.45. The number of amides is 1. The molecule has 0 aliphatic carbocycles. The molecule has 0 unspecified atom stereocenters. The number of carbonyl (C=O) groups excluding carboxylic acids is 1. The van der Waals surface area contributed by atoms with E-state index in [2.05, 4.69) is 39.9 Å². The van der Waals surface area contributed by atoms with Crippen molar-refractivity contribution in [2.24, 2.45) is 0 Å². The number of aromatic nitrogens is 2. The van der Waals surface area contributed by atoms with Gasteiger partial charge >= 0.3 is 0 Å². The standard InChI is InChI=1S/C21H22N4O/c1-14(2)22-21(26)17-5-4-6-18(13-17)23-20-12-11-19(24-25-20)16-9-7-15(3)8-10-16/h4-14H,1-3H3,(H,22,26)(H,23,25). The third kappa shape index (κ3) is 4.45. The molecule has 5 nitrogen and oxygen atoms in total. The number of anilines is 2. The largest absolute Gasteiger partial charge is 0.350 e. The molecule has 0 spiro atoms. The molecule has 3 rings (SSSR count). The Kier molecular flexibility index (Phi) is 5.27. The SMILES string of the molecule is Cc1ccc(-c2ccc(Nc3cccc(C(=O)NC(C)C)c3)nn2)cc1. The van der Waals surface area contributed by atoms with Gasteiger partial charge in [0.05, 0.1) is 5.69 Å². The van der Waals surface area contributed by atoms with Gasteiger partial charge in [-0.1, -0.05) is 35.9 Å². The summed E-state index contributed by atoms with van der Waals surface area (Å²) in [6.07, 6.45) is 0. The molecule has 5 heteroatoms. The molecule has 132 valence electrons. The van der Waals surface area contributed by atoms with Crippen molar-refractivity contribution in [1.29, 1.82) is 0 Å². The van der Waals surface area contributed by atoms with Crippen LogP contribution in [0.5, 0.6) is 0 Å². The Labute approximate surface area is 153 Å². The van der Waals surface area contributed by atoms with Gasteiger partial charge in [-0.05, 0) is 51.1 Å². The summed E-state index contributed by atoms with van der Waals surface area (Å²) in [6.45, 7) is 5.93. The molecule has 0 atom stereocenters. The Morgan fingerprint density at radius 2 is 1.73 bits per heavy atom. The minimum absolute atomic E-state index is 0.0931. The third-order valence-corrected chi connectivity index (χ3v) is 3.83. The molecule has 0 saturated heterocycles. The summed E-state index contributed by atoms with van der Waals surface area (Å²) in [5.74, 6) is 0.534. The Bertz CT molecular complexity index is 887. The Balaban J connectivity index is 1.73. The number of nitrogens with zero attached hydrogens (tertiary/aromatic N) is 2. The number of hydrogen-bond acceptors (Lipinski definition) is 4. The predicted molar refractivity (Wildman–Crippen MR) is 105 cm³/mol. The molecule has 0 radical (unpaired) electrons. The van der Waals surface area contributed by atoms with Gasteiger partial charge < -0.3 is 10.6 Å². The topological polar surface area (TPSA) is 66.9 Å². The molecule has 2 N–H and O–H groups in total. The fourth-order valence-electron chi connectivity index (χ4n) is 2.51. The molecule has 3 aromatic rings. The van der Waals surface area contributed by atoms with E-state index in [-0.39, 0.29) is 11.9 Å². The van der Waals surface area contributed by atoms with Crippen LogP contribution in [0.4, 0.5) is 11.5 Å². The zero-order valence-corrected chi connectivity index (χ0v) is 15.2. The lowest BCUT2D eigenvalue weighted by Gasteiger charge is -2.10. The van der Waals surface area contributed by atoms with Crippen molar-refractivity contribution in [2.75, 3.05) is 5.32 Å². The highest BCUT2D eigenvalue weighted by Gasteiger charge is 2.08. The second-order valence-corrected chi connectivity index (χ2v) is 6.50. The first-order valence-corrected chi connectivity index (χ1v) is 8.60. The fourth-order valence-corrected chi connectivity index (χ4v) is 2.51. The van der Waals surface area contributed by atoms with Gasteiger partial charge in [0, 0.05) is 22.9 Å². The van der Waals surface area contributed by atoms with E-state index in [0.29, 0.717) is 11.4 Å². The van der Waals surface area contributed by atoms with Crippen LogP contribution in [0.3, 0.4) is 0 Å². The summed E-state index contributed by atoms with van der Waals surface area (Å²) in [6, 6.07) is 19.4. The lowest BCUT2D eigenvalue weighted by molar-refractivity contribution is 0.0943. The maximum Gasteiger partial charge on any atom is 0.251 e. The number of carbonyl (C=O) groups is 1. The maximum absolute atomic E-state index is 12.1. The van der Waals surface area contributed by atoms with Crippen LogP contribution in [0.25, 0.3) is 11.3 Å². The third-order valence-electron chi connectivity index (χ3n) is 3.83. The summed E-state index contributed by atoms with van der Waals surface area (Å²) >= 11 is 0. The first-order valence-electron chi connectivity index (χ1n) is 8.60. The van der Waals surface area contributed by atoms with Crippen molar-refractivity contribution in [3.05, 3.63) is 71.8 Å². The number of hydrogen-bond donors (Lipinski definition) is 2. The van der Waals surface area contributed by atoms with Crippen LogP contribution in [0.15, 0.2) is 60.7 Å². The van der Waals surface area contributed by atoms with E-state index < -0.39 is 0 Å². The normalized spacial score (nSPS) is 10.6. The molecule has 1 aromatic heterocycles. The molecule has 0 bridgehead atoms. The van der Waals surface area contributed by atoms with Gasteiger partial charge in [-0.25, -0.2) is 0 Å². The summed E-state index contributed by atoms with van der Waals surface area (Å²) in [4.78, 5) is 12.1. The first-order chi connectivity index (χ1) is 12.5. The monoisotopic (exact) mass is 346 g/mol. The van der Waals surface area contributed by atoms with Crippen molar-refractivity contribution in [3.63, 3.8) is 0 Å². The lowest BCUT2D eigenvalue weighted by Crippen LogP contribution is -2.30. The van der Waals surface area contributed by atoms with E-state index in [9.17, 15) is 4.79 Å². The summed E-state index contributed by atoms with van der Waals surface area (Å²) < 4.78 is 0. The molecule has 26 heavy (non-hydrogen) atoms. The molecule has 0 aliphatic heterocycles. The highest BCUT2D eigenvalue weighted by Crippen LogP contribution is 2.20. The van der Waals surface area contributed by atoms with Gasteiger partial charge in [-0.3, -0.25) is 4.79 Å². The molecular formula is C21H22N4O. The fraction of sp³-hybridized carbons (Fsp3) is 0.190. The van der Waals surface area contributed by atoms with Gasteiger partial charge in [0.2, 0.25) is 0 Å². The number of nitrogens with one attached hydrogen (secondary N) is 2. The Morgan fingerprint density at radius 1 is 0.962 bits per heavy atom. The van der Waals surface area contributed by atoms with Crippen LogP contribution < -0.4 is 10.6 Å². The summed E-state index contributed by atoms with van der Waals surface area (Å²) in [5, 5.41) is 14.6. The van der Waals surface area contributed by atoms with E-state index in [4.69, 9.17) is 0 Å². The Hall–Kier alpha value is -3.21. The van der Waals surface area contributed by atoms with Crippen LogP contribution in [0.2, 0.25) is 0 Å². The first kappa shape index (κ1) is 17.6. The van der Waals surface area contributed by atoms with Gasteiger partial charge in [0.25, 0.3) is 5.91 Å². The van der Waals surface area contributed by atoms with E-state index in [1.807, 2.05) is 50.2 Å². The second kappa shape index (κ2) is 7.78. The zero-order chi connectivity index (χ0) is 18.5. The molecule has 1 heterocycles.